The monoisotopic (exact) mass is 467 g/mol. The second kappa shape index (κ2) is 10.1. The van der Waals surface area contributed by atoms with Crippen LogP contribution in [0.25, 0.3) is 22.4 Å². The number of aliphatic hydroxyl groups is 1. The molecular formula is C27H25N5O3. The molecule has 0 saturated heterocycles. The third-order valence-electron chi connectivity index (χ3n) is 5.20. The predicted molar refractivity (Wildman–Crippen MR) is 135 cm³/mol. The Morgan fingerprint density at radius 1 is 1.00 bits per heavy atom. The highest BCUT2D eigenvalue weighted by Gasteiger charge is 2.10. The zero-order chi connectivity index (χ0) is 23.5. The number of aromatic amines is 1. The van der Waals surface area contributed by atoms with Crippen molar-refractivity contribution in [1.29, 1.82) is 0 Å². The molecule has 3 heterocycles. The Labute approximate surface area is 202 Å². The lowest BCUT2D eigenvalue weighted by Crippen LogP contribution is -2.12. The van der Waals surface area contributed by atoms with Crippen LogP contribution in [0.2, 0.25) is 0 Å². The number of rotatable bonds is 6. The van der Waals surface area contributed by atoms with E-state index in [1.54, 1.807) is 36.8 Å². The van der Waals surface area contributed by atoms with Gasteiger partial charge < -0.3 is 20.1 Å². The second-order valence-corrected chi connectivity index (χ2v) is 7.80. The van der Waals surface area contributed by atoms with Crippen molar-refractivity contribution in [2.24, 2.45) is 0 Å². The normalized spacial score (nSPS) is 10.6. The van der Waals surface area contributed by atoms with Gasteiger partial charge >= 0.3 is 0 Å². The van der Waals surface area contributed by atoms with Crippen LogP contribution in [0.5, 0.6) is 11.5 Å². The van der Waals surface area contributed by atoms with Gasteiger partial charge in [0.05, 0.1) is 29.6 Å². The third kappa shape index (κ3) is 5.34. The van der Waals surface area contributed by atoms with Crippen LogP contribution in [0, 0.1) is 6.92 Å². The number of fused-ring (bicyclic) bond motifs is 1. The molecule has 0 aliphatic carbocycles. The van der Waals surface area contributed by atoms with E-state index >= 15 is 0 Å². The van der Waals surface area contributed by atoms with Gasteiger partial charge in [0.25, 0.3) is 5.91 Å². The summed E-state index contributed by atoms with van der Waals surface area (Å²) in [5.41, 5.74) is 4.20. The van der Waals surface area contributed by atoms with Crippen LogP contribution in [0.3, 0.4) is 0 Å². The quantitative estimate of drug-likeness (QED) is 0.304. The van der Waals surface area contributed by atoms with Crippen molar-refractivity contribution in [3.63, 3.8) is 0 Å². The van der Waals surface area contributed by atoms with Gasteiger partial charge in [-0.2, -0.15) is 0 Å². The summed E-state index contributed by atoms with van der Waals surface area (Å²) >= 11 is 0. The van der Waals surface area contributed by atoms with Gasteiger partial charge in [-0.3, -0.25) is 14.8 Å². The lowest BCUT2D eigenvalue weighted by molar-refractivity contribution is 0.102. The maximum Gasteiger partial charge on any atom is 0.257 e. The topological polar surface area (TPSA) is 113 Å². The van der Waals surface area contributed by atoms with Gasteiger partial charge in [0, 0.05) is 29.5 Å². The molecule has 0 fully saturated rings. The maximum atomic E-state index is 12.7. The standard InChI is InChI=1S/C26H21N5O3.CH4/c1-16-3-2-4-19(9-16)31-26(33)18-10-17-11-21(5-6-23(17)28-13-18)34-22-7-8-27-24(12-22)25-29-14-20(15-32)30-25;/h2-14,32H,15H2,1H3,(H,29,30)(H,31,33);1H4. The van der Waals surface area contributed by atoms with Crippen LogP contribution in [0.4, 0.5) is 5.69 Å². The van der Waals surface area contributed by atoms with E-state index in [1.807, 2.05) is 49.4 Å². The summed E-state index contributed by atoms with van der Waals surface area (Å²) in [5.74, 6) is 1.48. The molecule has 3 aromatic heterocycles. The molecular weight excluding hydrogens is 442 g/mol. The fourth-order valence-electron chi connectivity index (χ4n) is 3.53. The summed E-state index contributed by atoms with van der Waals surface area (Å²) in [6, 6.07) is 18.4. The Morgan fingerprint density at radius 2 is 1.86 bits per heavy atom. The van der Waals surface area contributed by atoms with E-state index < -0.39 is 0 Å². The number of aryl methyl sites for hydroxylation is 1. The molecule has 0 spiro atoms. The van der Waals surface area contributed by atoms with Gasteiger partial charge in [0.15, 0.2) is 5.82 Å². The van der Waals surface area contributed by atoms with Gasteiger partial charge in [0.1, 0.15) is 17.2 Å². The third-order valence-corrected chi connectivity index (χ3v) is 5.20. The molecule has 0 radical (unpaired) electrons. The van der Waals surface area contributed by atoms with Crippen molar-refractivity contribution in [2.75, 3.05) is 5.32 Å². The van der Waals surface area contributed by atoms with E-state index in [-0.39, 0.29) is 19.9 Å². The molecule has 0 unspecified atom stereocenters. The number of hydrogen-bond acceptors (Lipinski definition) is 6. The number of amides is 1. The molecule has 0 aliphatic heterocycles. The molecule has 5 aromatic rings. The van der Waals surface area contributed by atoms with E-state index in [9.17, 15) is 9.90 Å². The fraction of sp³-hybridized carbons (Fsp3) is 0.111. The summed E-state index contributed by atoms with van der Waals surface area (Å²) in [7, 11) is 0. The molecule has 3 N–H and O–H groups in total. The van der Waals surface area contributed by atoms with E-state index in [0.29, 0.717) is 34.3 Å². The van der Waals surface area contributed by atoms with E-state index in [0.717, 1.165) is 22.2 Å². The minimum atomic E-state index is -0.231. The fourth-order valence-corrected chi connectivity index (χ4v) is 3.53. The molecule has 5 rings (SSSR count). The number of H-pyrrole nitrogens is 1. The molecule has 1 amide bonds. The Kier molecular flexibility index (Phi) is 6.84. The number of anilines is 1. The van der Waals surface area contributed by atoms with Gasteiger partial charge in [-0.05, 0) is 55.0 Å². The average molecular weight is 468 g/mol. The Hall–Kier alpha value is -4.56. The first-order chi connectivity index (χ1) is 16.6. The predicted octanol–water partition coefficient (Wildman–Crippen LogP) is 5.50. The molecule has 35 heavy (non-hydrogen) atoms. The second-order valence-electron chi connectivity index (χ2n) is 7.80. The van der Waals surface area contributed by atoms with Crippen LogP contribution >= 0.6 is 0 Å². The van der Waals surface area contributed by atoms with Gasteiger partial charge in [0.2, 0.25) is 0 Å². The molecule has 176 valence electrons. The van der Waals surface area contributed by atoms with Gasteiger partial charge in [-0.15, -0.1) is 0 Å². The zero-order valence-corrected chi connectivity index (χ0v) is 18.3. The number of aliphatic hydroxyl groups excluding tert-OH is 1. The molecule has 0 bridgehead atoms. The van der Waals surface area contributed by atoms with Crippen LogP contribution in [-0.2, 0) is 6.61 Å². The van der Waals surface area contributed by atoms with Crippen molar-refractivity contribution in [1.82, 2.24) is 19.9 Å². The van der Waals surface area contributed by atoms with E-state index in [1.165, 1.54) is 0 Å². The lowest BCUT2D eigenvalue weighted by atomic mass is 10.1. The zero-order valence-electron chi connectivity index (χ0n) is 18.3. The highest BCUT2D eigenvalue weighted by Crippen LogP contribution is 2.27. The van der Waals surface area contributed by atoms with Crippen LogP contribution in [-0.4, -0.2) is 30.9 Å². The van der Waals surface area contributed by atoms with Crippen LogP contribution < -0.4 is 10.1 Å². The number of nitrogens with zero attached hydrogens (tertiary/aromatic N) is 3. The number of carbonyl (C=O) groups excluding carboxylic acids is 1. The molecule has 8 heteroatoms. The Balaban J connectivity index is 0.00000289. The summed E-state index contributed by atoms with van der Waals surface area (Å²) in [5, 5.41) is 12.9. The summed E-state index contributed by atoms with van der Waals surface area (Å²) in [6.07, 6.45) is 4.75. The number of pyridine rings is 2. The van der Waals surface area contributed by atoms with E-state index in [2.05, 4.69) is 25.3 Å². The number of nitrogens with one attached hydrogen (secondary N) is 2. The highest BCUT2D eigenvalue weighted by molar-refractivity contribution is 6.05. The first-order valence-electron chi connectivity index (χ1n) is 10.6. The molecule has 0 atom stereocenters. The summed E-state index contributed by atoms with van der Waals surface area (Å²) in [4.78, 5) is 28.7. The summed E-state index contributed by atoms with van der Waals surface area (Å²) < 4.78 is 6.03. The highest BCUT2D eigenvalue weighted by atomic mass is 16.5. The minimum Gasteiger partial charge on any atom is -0.457 e. The smallest absolute Gasteiger partial charge is 0.257 e. The maximum absolute atomic E-state index is 12.7. The van der Waals surface area contributed by atoms with Gasteiger partial charge in [-0.1, -0.05) is 19.6 Å². The summed E-state index contributed by atoms with van der Waals surface area (Å²) in [6.45, 7) is 1.85. The largest absolute Gasteiger partial charge is 0.457 e. The first kappa shape index (κ1) is 23.6. The Bertz CT molecular complexity index is 1500. The number of benzene rings is 2. The van der Waals surface area contributed by atoms with Crippen molar-refractivity contribution in [3.8, 4) is 23.0 Å². The first-order valence-corrected chi connectivity index (χ1v) is 10.6. The molecule has 2 aromatic carbocycles. The number of carbonyl (C=O) groups is 1. The van der Waals surface area contributed by atoms with Crippen molar-refractivity contribution >= 4 is 22.5 Å². The van der Waals surface area contributed by atoms with Crippen LogP contribution in [0.1, 0.15) is 29.0 Å². The molecule has 0 saturated carbocycles. The number of ether oxygens (including phenoxy) is 1. The molecule has 0 aliphatic rings. The lowest BCUT2D eigenvalue weighted by Gasteiger charge is -2.09. The Morgan fingerprint density at radius 3 is 2.66 bits per heavy atom. The van der Waals surface area contributed by atoms with Crippen molar-refractivity contribution in [3.05, 3.63) is 96.1 Å². The van der Waals surface area contributed by atoms with Gasteiger partial charge in [-0.25, -0.2) is 4.98 Å². The minimum absolute atomic E-state index is 0. The van der Waals surface area contributed by atoms with E-state index in [4.69, 9.17) is 4.74 Å². The van der Waals surface area contributed by atoms with Crippen LogP contribution in [0.15, 0.2) is 79.3 Å². The molecule has 8 nitrogen and oxygen atoms in total. The number of aromatic nitrogens is 4. The average Bonchev–Trinajstić information content (AvgIpc) is 3.33. The van der Waals surface area contributed by atoms with Crippen molar-refractivity contribution < 1.29 is 14.6 Å². The number of imidazole rings is 1. The SMILES string of the molecule is C.Cc1cccc(NC(=O)c2cnc3ccc(Oc4ccnc(-c5ncc(CO)[nH]5)c4)cc3c2)c1. The van der Waals surface area contributed by atoms with Crippen molar-refractivity contribution in [2.45, 2.75) is 21.0 Å². The number of hydrogen-bond donors (Lipinski definition) is 3.